The van der Waals surface area contributed by atoms with Gasteiger partial charge in [-0.1, -0.05) is 6.07 Å². The third-order valence-corrected chi connectivity index (χ3v) is 5.56. The van der Waals surface area contributed by atoms with Crippen LogP contribution in [-0.4, -0.2) is 60.9 Å². The van der Waals surface area contributed by atoms with E-state index in [1.807, 2.05) is 18.3 Å². The van der Waals surface area contributed by atoms with E-state index < -0.39 is 0 Å². The van der Waals surface area contributed by atoms with E-state index >= 15 is 0 Å². The Morgan fingerprint density at radius 1 is 0.852 bits per heavy atom. The van der Waals surface area contributed by atoms with Gasteiger partial charge in [0.1, 0.15) is 5.82 Å². The number of piperazine rings is 1. The second-order valence-electron chi connectivity index (χ2n) is 7.36. The SMILES string of the molecule is c1cc(N2CCCC2)nc(N2CCN(Cc3ccc4c(c3)OCO4)CC2)n1. The van der Waals surface area contributed by atoms with Crippen LogP contribution in [0.4, 0.5) is 11.8 Å². The maximum Gasteiger partial charge on any atom is 0.231 e. The lowest BCUT2D eigenvalue weighted by molar-refractivity contribution is 0.174. The van der Waals surface area contributed by atoms with Crippen molar-refractivity contribution < 1.29 is 9.47 Å². The fraction of sp³-hybridized carbons (Fsp3) is 0.500. The van der Waals surface area contributed by atoms with Crippen molar-refractivity contribution in [3.8, 4) is 11.5 Å². The maximum atomic E-state index is 5.49. The minimum Gasteiger partial charge on any atom is -0.454 e. The fourth-order valence-corrected chi connectivity index (χ4v) is 4.02. The Morgan fingerprint density at radius 3 is 2.52 bits per heavy atom. The van der Waals surface area contributed by atoms with E-state index in [-0.39, 0.29) is 0 Å². The van der Waals surface area contributed by atoms with Gasteiger partial charge in [0.25, 0.3) is 0 Å². The molecule has 1 aromatic heterocycles. The summed E-state index contributed by atoms with van der Waals surface area (Å²) in [5.74, 6) is 3.64. The zero-order valence-electron chi connectivity index (χ0n) is 15.5. The van der Waals surface area contributed by atoms with E-state index in [0.717, 1.165) is 69.1 Å². The van der Waals surface area contributed by atoms with Crippen LogP contribution in [0.1, 0.15) is 18.4 Å². The molecule has 0 radical (unpaired) electrons. The molecule has 2 aromatic rings. The van der Waals surface area contributed by atoms with E-state index in [9.17, 15) is 0 Å². The molecule has 0 bridgehead atoms. The number of rotatable bonds is 4. The van der Waals surface area contributed by atoms with E-state index in [4.69, 9.17) is 14.5 Å². The van der Waals surface area contributed by atoms with E-state index in [1.54, 1.807) is 0 Å². The largest absolute Gasteiger partial charge is 0.454 e. The predicted octanol–water partition coefficient (Wildman–Crippen LogP) is 2.13. The Morgan fingerprint density at radius 2 is 1.67 bits per heavy atom. The van der Waals surface area contributed by atoms with Crippen molar-refractivity contribution in [2.45, 2.75) is 19.4 Å². The number of benzene rings is 1. The van der Waals surface area contributed by atoms with Gasteiger partial charge in [0.05, 0.1) is 0 Å². The number of hydrogen-bond donors (Lipinski definition) is 0. The summed E-state index contributed by atoms with van der Waals surface area (Å²) >= 11 is 0. The number of aromatic nitrogens is 2. The summed E-state index contributed by atoms with van der Waals surface area (Å²) < 4.78 is 10.9. The number of anilines is 2. The molecular formula is C20H25N5O2. The number of fused-ring (bicyclic) bond motifs is 1. The molecule has 0 atom stereocenters. The molecule has 0 N–H and O–H groups in total. The highest BCUT2D eigenvalue weighted by Crippen LogP contribution is 2.33. The van der Waals surface area contributed by atoms with Crippen LogP contribution >= 0.6 is 0 Å². The fourth-order valence-electron chi connectivity index (χ4n) is 4.02. The molecule has 0 saturated carbocycles. The van der Waals surface area contributed by atoms with Crippen LogP contribution in [0.3, 0.4) is 0 Å². The van der Waals surface area contributed by atoms with Crippen molar-refractivity contribution in [1.82, 2.24) is 14.9 Å². The van der Waals surface area contributed by atoms with Crippen molar-refractivity contribution >= 4 is 11.8 Å². The highest BCUT2D eigenvalue weighted by Gasteiger charge is 2.22. The van der Waals surface area contributed by atoms with Gasteiger partial charge in [-0.05, 0) is 36.6 Å². The molecule has 3 aliphatic heterocycles. The summed E-state index contributed by atoms with van der Waals surface area (Å²) in [5.41, 5.74) is 1.26. The first-order valence-electron chi connectivity index (χ1n) is 9.79. The van der Waals surface area contributed by atoms with Crippen LogP contribution in [0.5, 0.6) is 11.5 Å². The molecule has 0 amide bonds. The summed E-state index contributed by atoms with van der Waals surface area (Å²) in [6.07, 6.45) is 4.42. The highest BCUT2D eigenvalue weighted by atomic mass is 16.7. The molecule has 2 saturated heterocycles. The summed E-state index contributed by atoms with van der Waals surface area (Å²) in [6, 6.07) is 8.26. The zero-order chi connectivity index (χ0) is 18.1. The van der Waals surface area contributed by atoms with Crippen LogP contribution in [0, 0.1) is 0 Å². The Balaban J connectivity index is 1.20. The van der Waals surface area contributed by atoms with Gasteiger partial charge in [0, 0.05) is 52.0 Å². The lowest BCUT2D eigenvalue weighted by Gasteiger charge is -2.35. The summed E-state index contributed by atoms with van der Waals surface area (Å²) in [6.45, 7) is 7.39. The molecule has 142 valence electrons. The molecule has 3 aliphatic rings. The molecule has 5 rings (SSSR count). The Bertz CT molecular complexity index is 801. The minimum atomic E-state index is 0.327. The summed E-state index contributed by atoms with van der Waals surface area (Å²) in [5, 5.41) is 0. The average molecular weight is 367 g/mol. The molecule has 0 unspecified atom stereocenters. The number of nitrogens with zero attached hydrogens (tertiary/aromatic N) is 5. The third kappa shape index (κ3) is 3.51. The molecule has 27 heavy (non-hydrogen) atoms. The normalized spacial score (nSPS) is 19.7. The first-order chi connectivity index (χ1) is 13.3. The lowest BCUT2D eigenvalue weighted by atomic mass is 10.1. The Kier molecular flexibility index (Phi) is 4.45. The smallest absolute Gasteiger partial charge is 0.231 e. The van der Waals surface area contributed by atoms with E-state index in [1.165, 1.54) is 18.4 Å². The molecule has 2 fully saturated rings. The van der Waals surface area contributed by atoms with Crippen LogP contribution in [0.15, 0.2) is 30.5 Å². The molecule has 7 nitrogen and oxygen atoms in total. The predicted molar refractivity (Wildman–Crippen MR) is 104 cm³/mol. The van der Waals surface area contributed by atoms with Crippen molar-refractivity contribution in [2.24, 2.45) is 0 Å². The van der Waals surface area contributed by atoms with E-state index in [2.05, 4.69) is 31.8 Å². The van der Waals surface area contributed by atoms with Crippen LogP contribution in [0.25, 0.3) is 0 Å². The Labute approximate surface area is 159 Å². The first-order valence-corrected chi connectivity index (χ1v) is 9.79. The lowest BCUT2D eigenvalue weighted by Crippen LogP contribution is -2.46. The van der Waals surface area contributed by atoms with Crippen LogP contribution in [-0.2, 0) is 6.54 Å². The molecule has 7 heteroatoms. The number of hydrogen-bond acceptors (Lipinski definition) is 7. The van der Waals surface area contributed by atoms with Gasteiger partial charge in [-0.3, -0.25) is 4.90 Å². The second kappa shape index (κ2) is 7.23. The molecule has 0 aliphatic carbocycles. The van der Waals surface area contributed by atoms with Crippen molar-refractivity contribution in [3.63, 3.8) is 0 Å². The third-order valence-electron chi connectivity index (χ3n) is 5.56. The first kappa shape index (κ1) is 16.6. The van der Waals surface area contributed by atoms with Crippen molar-refractivity contribution in [3.05, 3.63) is 36.0 Å². The van der Waals surface area contributed by atoms with Crippen LogP contribution < -0.4 is 19.3 Å². The van der Waals surface area contributed by atoms with Gasteiger partial charge < -0.3 is 19.3 Å². The molecular weight excluding hydrogens is 342 g/mol. The molecule has 1 aromatic carbocycles. The second-order valence-corrected chi connectivity index (χ2v) is 7.36. The highest BCUT2D eigenvalue weighted by molar-refractivity contribution is 5.45. The quantitative estimate of drug-likeness (QED) is 0.820. The van der Waals surface area contributed by atoms with Crippen LogP contribution in [0.2, 0.25) is 0 Å². The van der Waals surface area contributed by atoms with Gasteiger partial charge in [0.15, 0.2) is 11.5 Å². The zero-order valence-corrected chi connectivity index (χ0v) is 15.5. The van der Waals surface area contributed by atoms with Gasteiger partial charge in [-0.2, -0.15) is 4.98 Å². The summed E-state index contributed by atoms with van der Waals surface area (Å²) in [4.78, 5) is 16.5. The standard InChI is InChI=1S/C20H25N5O2/c1-2-8-24(7-1)19-5-6-21-20(22-19)25-11-9-23(10-12-25)14-16-3-4-17-18(13-16)27-15-26-17/h3-6,13H,1-2,7-12,14-15H2. The monoisotopic (exact) mass is 367 g/mol. The van der Waals surface area contributed by atoms with Gasteiger partial charge in [0.2, 0.25) is 12.7 Å². The van der Waals surface area contributed by atoms with E-state index in [0.29, 0.717) is 6.79 Å². The summed E-state index contributed by atoms with van der Waals surface area (Å²) in [7, 11) is 0. The average Bonchev–Trinajstić information content (AvgIpc) is 3.40. The number of ether oxygens (including phenoxy) is 2. The van der Waals surface area contributed by atoms with Gasteiger partial charge >= 0.3 is 0 Å². The Hall–Kier alpha value is -2.54. The molecule has 4 heterocycles. The van der Waals surface area contributed by atoms with Gasteiger partial charge in [-0.25, -0.2) is 4.98 Å². The van der Waals surface area contributed by atoms with Crippen molar-refractivity contribution in [2.75, 3.05) is 55.9 Å². The minimum absolute atomic E-state index is 0.327. The molecule has 0 spiro atoms. The maximum absolute atomic E-state index is 5.49. The van der Waals surface area contributed by atoms with Crippen molar-refractivity contribution in [1.29, 1.82) is 0 Å². The topological polar surface area (TPSA) is 54.0 Å². The van der Waals surface area contributed by atoms with Gasteiger partial charge in [-0.15, -0.1) is 0 Å².